The van der Waals surface area contributed by atoms with E-state index < -0.39 is 11.6 Å². The van der Waals surface area contributed by atoms with E-state index in [0.717, 1.165) is 25.5 Å². The molecule has 1 atom stereocenters. The minimum absolute atomic E-state index is 0.0580. The third-order valence-corrected chi connectivity index (χ3v) is 2.99. The van der Waals surface area contributed by atoms with Crippen molar-refractivity contribution in [3.05, 3.63) is 23.3 Å². The Morgan fingerprint density at radius 1 is 1.18 bits per heavy atom. The number of benzene rings is 1. The van der Waals surface area contributed by atoms with Crippen LogP contribution in [0.15, 0.2) is 6.07 Å². The fourth-order valence-corrected chi connectivity index (χ4v) is 2.27. The van der Waals surface area contributed by atoms with Crippen molar-refractivity contribution >= 4 is 0 Å². The summed E-state index contributed by atoms with van der Waals surface area (Å²) in [4.78, 5) is 0. The van der Waals surface area contributed by atoms with Crippen molar-refractivity contribution < 1.29 is 18.3 Å². The molecule has 1 aromatic carbocycles. The number of ether oxygens (including phenoxy) is 2. The molecule has 0 bridgehead atoms. The SMILES string of the molecule is COc1c(F)cc(F)c(OC)c1C1CCCN1. The monoisotopic (exact) mass is 243 g/mol. The van der Waals surface area contributed by atoms with Crippen molar-refractivity contribution in [1.82, 2.24) is 5.32 Å². The highest BCUT2D eigenvalue weighted by molar-refractivity contribution is 5.49. The molecule has 0 saturated carbocycles. The highest BCUT2D eigenvalue weighted by Gasteiger charge is 2.28. The van der Waals surface area contributed by atoms with E-state index in [4.69, 9.17) is 9.47 Å². The number of rotatable bonds is 3. The van der Waals surface area contributed by atoms with E-state index in [0.29, 0.717) is 5.56 Å². The highest BCUT2D eigenvalue weighted by atomic mass is 19.1. The molecule has 0 spiro atoms. The molecule has 1 N–H and O–H groups in total. The molecule has 0 amide bonds. The van der Waals surface area contributed by atoms with Gasteiger partial charge < -0.3 is 14.8 Å². The standard InChI is InChI=1S/C12H15F2NO2/c1-16-11-7(13)6-8(14)12(17-2)10(11)9-4-3-5-15-9/h6,9,15H,3-5H2,1-2H3. The van der Waals surface area contributed by atoms with Crippen LogP contribution < -0.4 is 14.8 Å². The zero-order chi connectivity index (χ0) is 12.4. The quantitative estimate of drug-likeness (QED) is 0.884. The van der Waals surface area contributed by atoms with Crippen molar-refractivity contribution in [2.24, 2.45) is 0 Å². The summed E-state index contributed by atoms with van der Waals surface area (Å²) in [6.45, 7) is 0.828. The minimum Gasteiger partial charge on any atom is -0.493 e. The first kappa shape index (κ1) is 12.1. The van der Waals surface area contributed by atoms with Crippen LogP contribution in [0.1, 0.15) is 24.4 Å². The Bertz CT molecular complexity index is 389. The fourth-order valence-electron chi connectivity index (χ4n) is 2.27. The number of halogens is 2. The predicted octanol–water partition coefficient (Wildman–Crippen LogP) is 2.41. The maximum Gasteiger partial charge on any atom is 0.168 e. The smallest absolute Gasteiger partial charge is 0.168 e. The molecule has 0 aromatic heterocycles. The summed E-state index contributed by atoms with van der Waals surface area (Å²) in [7, 11) is 2.74. The molecule has 0 radical (unpaired) electrons. The van der Waals surface area contributed by atoms with Gasteiger partial charge in [0.2, 0.25) is 0 Å². The molecular weight excluding hydrogens is 228 g/mol. The van der Waals surface area contributed by atoms with E-state index in [-0.39, 0.29) is 17.5 Å². The van der Waals surface area contributed by atoms with Gasteiger partial charge >= 0.3 is 0 Å². The van der Waals surface area contributed by atoms with Gasteiger partial charge in [0.15, 0.2) is 23.1 Å². The number of methoxy groups -OCH3 is 2. The molecule has 1 aromatic rings. The number of hydrogen-bond acceptors (Lipinski definition) is 3. The molecule has 17 heavy (non-hydrogen) atoms. The second-order valence-corrected chi connectivity index (χ2v) is 3.97. The normalized spacial score (nSPS) is 19.4. The number of hydrogen-bond donors (Lipinski definition) is 1. The van der Waals surface area contributed by atoms with Gasteiger partial charge in [0.05, 0.1) is 19.8 Å². The second-order valence-electron chi connectivity index (χ2n) is 3.97. The van der Waals surface area contributed by atoms with Gasteiger partial charge in [-0.3, -0.25) is 0 Å². The third kappa shape index (κ3) is 2.07. The lowest BCUT2D eigenvalue weighted by Gasteiger charge is -2.19. The Morgan fingerprint density at radius 2 is 1.76 bits per heavy atom. The first-order chi connectivity index (χ1) is 8.19. The van der Waals surface area contributed by atoms with Crippen LogP contribution >= 0.6 is 0 Å². The van der Waals surface area contributed by atoms with Gasteiger partial charge in [-0.15, -0.1) is 0 Å². The molecule has 1 fully saturated rings. The van der Waals surface area contributed by atoms with Crippen LogP contribution in [0.2, 0.25) is 0 Å². The lowest BCUT2D eigenvalue weighted by Crippen LogP contribution is -2.16. The average molecular weight is 243 g/mol. The van der Waals surface area contributed by atoms with Crippen molar-refractivity contribution in [2.75, 3.05) is 20.8 Å². The van der Waals surface area contributed by atoms with E-state index >= 15 is 0 Å². The summed E-state index contributed by atoms with van der Waals surface area (Å²) in [5.41, 5.74) is 0.435. The second kappa shape index (κ2) is 4.87. The Morgan fingerprint density at radius 3 is 2.18 bits per heavy atom. The van der Waals surface area contributed by atoms with E-state index in [1.807, 2.05) is 0 Å². The van der Waals surface area contributed by atoms with Crippen LogP contribution in [0.25, 0.3) is 0 Å². The highest BCUT2D eigenvalue weighted by Crippen LogP contribution is 2.41. The van der Waals surface area contributed by atoms with Gasteiger partial charge in [-0.2, -0.15) is 0 Å². The molecule has 94 valence electrons. The summed E-state index contributed by atoms with van der Waals surface area (Å²) >= 11 is 0. The molecular formula is C12H15F2NO2. The van der Waals surface area contributed by atoms with Crippen LogP contribution in [0.4, 0.5) is 8.78 Å². The molecule has 1 aliphatic heterocycles. The van der Waals surface area contributed by atoms with Crippen LogP contribution in [-0.2, 0) is 0 Å². The molecule has 2 rings (SSSR count). The van der Waals surface area contributed by atoms with E-state index in [9.17, 15) is 8.78 Å². The van der Waals surface area contributed by atoms with Gasteiger partial charge in [-0.25, -0.2) is 8.78 Å². The molecule has 0 aliphatic carbocycles. The molecule has 1 aliphatic rings. The minimum atomic E-state index is -0.700. The fraction of sp³-hybridized carbons (Fsp3) is 0.500. The Labute approximate surface area is 98.7 Å². The van der Waals surface area contributed by atoms with Crippen LogP contribution in [0, 0.1) is 11.6 Å². The average Bonchev–Trinajstić information content (AvgIpc) is 2.81. The van der Waals surface area contributed by atoms with Gasteiger partial charge in [-0.05, 0) is 19.4 Å². The maximum absolute atomic E-state index is 13.6. The summed E-state index contributed by atoms with van der Waals surface area (Å²) in [6, 6.07) is 0.668. The van der Waals surface area contributed by atoms with Crippen molar-refractivity contribution in [1.29, 1.82) is 0 Å². The van der Waals surface area contributed by atoms with E-state index in [2.05, 4.69) is 5.32 Å². The van der Waals surface area contributed by atoms with Crippen molar-refractivity contribution in [3.63, 3.8) is 0 Å². The maximum atomic E-state index is 13.6. The molecule has 3 nitrogen and oxygen atoms in total. The lowest BCUT2D eigenvalue weighted by atomic mass is 10.0. The largest absolute Gasteiger partial charge is 0.493 e. The summed E-state index contributed by atoms with van der Waals surface area (Å²) in [6.07, 6.45) is 1.78. The summed E-state index contributed by atoms with van der Waals surface area (Å²) in [5.74, 6) is -1.28. The first-order valence-electron chi connectivity index (χ1n) is 5.52. The Balaban J connectivity index is 2.58. The topological polar surface area (TPSA) is 30.5 Å². The molecule has 1 heterocycles. The van der Waals surface area contributed by atoms with Gasteiger partial charge in [0, 0.05) is 12.1 Å². The zero-order valence-corrected chi connectivity index (χ0v) is 9.85. The van der Waals surface area contributed by atoms with Gasteiger partial charge in [0.25, 0.3) is 0 Å². The Hall–Kier alpha value is -1.36. The predicted molar refractivity (Wildman–Crippen MR) is 59.4 cm³/mol. The third-order valence-electron chi connectivity index (χ3n) is 2.99. The van der Waals surface area contributed by atoms with E-state index in [1.54, 1.807) is 0 Å². The molecule has 1 unspecified atom stereocenters. The van der Waals surface area contributed by atoms with Gasteiger partial charge in [-0.1, -0.05) is 0 Å². The van der Waals surface area contributed by atoms with Crippen molar-refractivity contribution in [2.45, 2.75) is 18.9 Å². The van der Waals surface area contributed by atoms with Gasteiger partial charge in [0.1, 0.15) is 0 Å². The lowest BCUT2D eigenvalue weighted by molar-refractivity contribution is 0.341. The first-order valence-corrected chi connectivity index (χ1v) is 5.52. The number of nitrogens with one attached hydrogen (secondary N) is 1. The van der Waals surface area contributed by atoms with Crippen LogP contribution in [-0.4, -0.2) is 20.8 Å². The van der Waals surface area contributed by atoms with E-state index in [1.165, 1.54) is 14.2 Å². The Kier molecular flexibility index (Phi) is 3.47. The summed E-state index contributed by atoms with van der Waals surface area (Å²) < 4.78 is 37.3. The summed E-state index contributed by atoms with van der Waals surface area (Å²) in [5, 5.41) is 3.18. The zero-order valence-electron chi connectivity index (χ0n) is 9.85. The van der Waals surface area contributed by atoms with Crippen LogP contribution in [0.5, 0.6) is 11.5 Å². The molecule has 5 heteroatoms. The van der Waals surface area contributed by atoms with Crippen molar-refractivity contribution in [3.8, 4) is 11.5 Å². The molecule has 1 saturated heterocycles. The van der Waals surface area contributed by atoms with Crippen LogP contribution in [0.3, 0.4) is 0 Å².